The Hall–Kier alpha value is -4.12. The zero-order valence-electron chi connectivity index (χ0n) is 19.1. The number of hydrogen-bond acceptors (Lipinski definition) is 8. The van der Waals surface area contributed by atoms with Gasteiger partial charge in [0.05, 0.1) is 17.6 Å². The Morgan fingerprint density at radius 2 is 1.75 bits per heavy atom. The molecule has 0 unspecified atom stereocenters. The Labute approximate surface area is 210 Å². The molecule has 0 saturated carbocycles. The summed E-state index contributed by atoms with van der Waals surface area (Å²) in [5, 5.41) is 10.9. The van der Waals surface area contributed by atoms with Crippen molar-refractivity contribution in [2.24, 2.45) is 0 Å². The van der Waals surface area contributed by atoms with Crippen LogP contribution in [-0.4, -0.2) is 58.8 Å². The molecule has 0 aliphatic carbocycles. The molecular weight excluding hydrogens is 485 g/mol. The van der Waals surface area contributed by atoms with Gasteiger partial charge in [0, 0.05) is 37.6 Å². The third kappa shape index (κ3) is 5.41. The highest BCUT2D eigenvalue weighted by molar-refractivity contribution is 7.99. The molecule has 11 heteroatoms. The molecule has 5 rings (SSSR count). The summed E-state index contributed by atoms with van der Waals surface area (Å²) in [5.41, 5.74) is 1.75. The maximum Gasteiger partial charge on any atom is 0.284 e. The van der Waals surface area contributed by atoms with Crippen LogP contribution in [0, 0.1) is 5.82 Å². The smallest absolute Gasteiger partial charge is 0.284 e. The molecule has 0 radical (unpaired) electrons. The van der Waals surface area contributed by atoms with E-state index in [0.717, 1.165) is 17.4 Å². The normalized spacial score (nSPS) is 13.6. The number of benzene rings is 2. The standard InChI is InChI=1S/C25H22FN5O4S/c26-20-5-2-1-4-19(20)24(33)31-13-11-30(12-14-31)18-9-7-17(8-10-18)27-22(32)16-36-25-29-28-23(35-25)21-6-3-15-34-21/h1-10,15H,11-14,16H2,(H,27,32). The molecule has 184 valence electrons. The second kappa shape index (κ2) is 10.6. The topological polar surface area (TPSA) is 105 Å². The molecule has 0 bridgehead atoms. The zero-order chi connectivity index (χ0) is 24.9. The molecule has 2 aromatic carbocycles. The van der Waals surface area contributed by atoms with E-state index in [1.165, 1.54) is 18.4 Å². The molecule has 2 aromatic heterocycles. The average Bonchev–Trinajstić information content (AvgIpc) is 3.60. The number of nitrogens with zero attached hydrogens (tertiary/aromatic N) is 4. The van der Waals surface area contributed by atoms with E-state index < -0.39 is 5.82 Å². The fourth-order valence-electron chi connectivity index (χ4n) is 3.82. The number of carbonyl (C=O) groups is 2. The van der Waals surface area contributed by atoms with Crippen molar-refractivity contribution in [3.63, 3.8) is 0 Å². The molecule has 0 atom stereocenters. The molecule has 1 fully saturated rings. The van der Waals surface area contributed by atoms with Crippen molar-refractivity contribution in [2.75, 3.05) is 42.1 Å². The third-order valence-corrected chi connectivity index (χ3v) is 6.47. The lowest BCUT2D eigenvalue weighted by Gasteiger charge is -2.36. The van der Waals surface area contributed by atoms with Crippen LogP contribution in [0.5, 0.6) is 0 Å². The summed E-state index contributed by atoms with van der Waals surface area (Å²) in [6.07, 6.45) is 1.51. The SMILES string of the molecule is O=C(CSc1nnc(-c2ccco2)o1)Nc1ccc(N2CCN(C(=O)c3ccccc3F)CC2)cc1. The third-order valence-electron chi connectivity index (χ3n) is 5.65. The van der Waals surface area contributed by atoms with Gasteiger partial charge in [-0.05, 0) is 48.5 Å². The predicted octanol–water partition coefficient (Wildman–Crippen LogP) is 4.16. The van der Waals surface area contributed by atoms with Gasteiger partial charge in [0.25, 0.3) is 17.0 Å². The van der Waals surface area contributed by atoms with Crippen LogP contribution in [0.15, 0.2) is 81.0 Å². The predicted molar refractivity (Wildman–Crippen MR) is 132 cm³/mol. The minimum absolute atomic E-state index is 0.0984. The lowest BCUT2D eigenvalue weighted by atomic mass is 10.1. The molecule has 9 nitrogen and oxygen atoms in total. The highest BCUT2D eigenvalue weighted by Gasteiger charge is 2.24. The first-order chi connectivity index (χ1) is 17.6. The van der Waals surface area contributed by atoms with Crippen molar-refractivity contribution in [1.29, 1.82) is 0 Å². The van der Waals surface area contributed by atoms with Crippen LogP contribution in [0.1, 0.15) is 10.4 Å². The number of rotatable bonds is 7. The summed E-state index contributed by atoms with van der Waals surface area (Å²) in [6, 6.07) is 17.0. The monoisotopic (exact) mass is 507 g/mol. The number of nitrogens with one attached hydrogen (secondary N) is 1. The molecule has 1 aliphatic heterocycles. The van der Waals surface area contributed by atoms with Crippen molar-refractivity contribution in [3.8, 4) is 11.7 Å². The van der Waals surface area contributed by atoms with Gasteiger partial charge >= 0.3 is 0 Å². The number of halogens is 1. The van der Waals surface area contributed by atoms with Crippen LogP contribution < -0.4 is 10.2 Å². The van der Waals surface area contributed by atoms with Gasteiger partial charge in [-0.25, -0.2) is 4.39 Å². The number of hydrogen-bond donors (Lipinski definition) is 1. The second-order valence-corrected chi connectivity index (χ2v) is 8.92. The van der Waals surface area contributed by atoms with Gasteiger partial charge in [-0.15, -0.1) is 10.2 Å². The maximum atomic E-state index is 14.0. The number of thioether (sulfide) groups is 1. The van der Waals surface area contributed by atoms with Gasteiger partial charge in [-0.2, -0.15) is 0 Å². The molecule has 1 saturated heterocycles. The van der Waals surface area contributed by atoms with Gasteiger partial charge in [-0.1, -0.05) is 23.9 Å². The first-order valence-electron chi connectivity index (χ1n) is 11.3. The minimum Gasteiger partial charge on any atom is -0.459 e. The van der Waals surface area contributed by atoms with Gasteiger partial charge < -0.3 is 24.0 Å². The van der Waals surface area contributed by atoms with Crippen LogP contribution in [0.4, 0.5) is 15.8 Å². The Balaban J connectivity index is 1.09. The fraction of sp³-hybridized carbons (Fsp3) is 0.200. The number of carbonyl (C=O) groups excluding carboxylic acids is 2. The molecule has 1 aliphatic rings. The van der Waals surface area contributed by atoms with Gasteiger partial charge in [0.1, 0.15) is 5.82 Å². The molecule has 3 heterocycles. The average molecular weight is 508 g/mol. The molecule has 2 amide bonds. The van der Waals surface area contributed by atoms with E-state index in [4.69, 9.17) is 8.83 Å². The lowest BCUT2D eigenvalue weighted by molar-refractivity contribution is -0.113. The van der Waals surface area contributed by atoms with Gasteiger partial charge in [0.15, 0.2) is 5.76 Å². The van der Waals surface area contributed by atoms with E-state index in [9.17, 15) is 14.0 Å². The van der Waals surface area contributed by atoms with Crippen LogP contribution in [0.3, 0.4) is 0 Å². The minimum atomic E-state index is -0.503. The molecule has 1 N–H and O–H groups in total. The summed E-state index contributed by atoms with van der Waals surface area (Å²) >= 11 is 1.14. The molecule has 4 aromatic rings. The molecular formula is C25H22FN5O4S. The summed E-state index contributed by atoms with van der Waals surface area (Å²) < 4.78 is 24.6. The number of aromatic nitrogens is 2. The van der Waals surface area contributed by atoms with E-state index in [2.05, 4.69) is 20.4 Å². The number of amides is 2. The van der Waals surface area contributed by atoms with Crippen molar-refractivity contribution >= 4 is 35.0 Å². The van der Waals surface area contributed by atoms with Crippen molar-refractivity contribution < 1.29 is 22.8 Å². The quantitative estimate of drug-likeness (QED) is 0.372. The highest BCUT2D eigenvalue weighted by atomic mass is 32.2. The summed E-state index contributed by atoms with van der Waals surface area (Å²) in [5.74, 6) is -0.156. The summed E-state index contributed by atoms with van der Waals surface area (Å²) in [6.45, 7) is 2.26. The van der Waals surface area contributed by atoms with Crippen molar-refractivity contribution in [2.45, 2.75) is 5.22 Å². The fourth-order valence-corrected chi connectivity index (χ4v) is 4.38. The van der Waals surface area contributed by atoms with Gasteiger partial charge in [-0.3, -0.25) is 9.59 Å². The van der Waals surface area contributed by atoms with E-state index in [1.54, 1.807) is 29.2 Å². The Morgan fingerprint density at radius 3 is 2.47 bits per heavy atom. The number of piperazine rings is 1. The van der Waals surface area contributed by atoms with Crippen LogP contribution in [0.25, 0.3) is 11.7 Å². The first kappa shape index (κ1) is 23.6. The van der Waals surface area contributed by atoms with Crippen LogP contribution >= 0.6 is 11.8 Å². The molecule has 36 heavy (non-hydrogen) atoms. The lowest BCUT2D eigenvalue weighted by Crippen LogP contribution is -2.49. The first-order valence-corrected chi connectivity index (χ1v) is 12.2. The summed E-state index contributed by atoms with van der Waals surface area (Å²) in [7, 11) is 0. The largest absolute Gasteiger partial charge is 0.459 e. The zero-order valence-corrected chi connectivity index (χ0v) is 19.9. The number of anilines is 2. The second-order valence-electron chi connectivity index (χ2n) is 7.99. The Kier molecular flexibility index (Phi) is 6.99. The van der Waals surface area contributed by atoms with Crippen molar-refractivity contribution in [1.82, 2.24) is 15.1 Å². The highest BCUT2D eigenvalue weighted by Crippen LogP contribution is 2.24. The van der Waals surface area contributed by atoms with E-state index in [0.29, 0.717) is 37.6 Å². The molecule has 0 spiro atoms. The maximum absolute atomic E-state index is 14.0. The van der Waals surface area contributed by atoms with Crippen LogP contribution in [0.2, 0.25) is 0 Å². The van der Waals surface area contributed by atoms with E-state index >= 15 is 0 Å². The van der Waals surface area contributed by atoms with E-state index in [-0.39, 0.29) is 34.2 Å². The Bertz CT molecular complexity index is 1330. The van der Waals surface area contributed by atoms with Gasteiger partial charge in [0.2, 0.25) is 5.91 Å². The van der Waals surface area contributed by atoms with Crippen molar-refractivity contribution in [3.05, 3.63) is 78.3 Å². The Morgan fingerprint density at radius 1 is 0.972 bits per heavy atom. The summed E-state index contributed by atoms with van der Waals surface area (Å²) in [4.78, 5) is 28.8. The van der Waals surface area contributed by atoms with E-state index in [1.807, 2.05) is 24.3 Å². The number of furan rings is 1. The van der Waals surface area contributed by atoms with Crippen LogP contribution in [-0.2, 0) is 4.79 Å².